The predicted octanol–water partition coefficient (Wildman–Crippen LogP) is 2.40. The lowest BCUT2D eigenvalue weighted by atomic mass is 9.86. The third kappa shape index (κ3) is 1.96. The molecule has 3 nitrogen and oxygen atoms in total. The Hall–Kier alpha value is -1.24. The maximum Gasteiger partial charge on any atom is 0.101 e. The standard InChI is InChI=1S/C14H16ClN3/c15-12-1-2-13(11(7-12)8-16)18-6-4-14(10-18)3-5-17-9-14/h1-2,7,17H,3-6,9-10H2. The van der Waals surface area contributed by atoms with Crippen molar-refractivity contribution >= 4 is 17.3 Å². The van der Waals surface area contributed by atoms with Crippen molar-refractivity contribution < 1.29 is 0 Å². The van der Waals surface area contributed by atoms with Crippen molar-refractivity contribution in [1.29, 1.82) is 5.26 Å². The van der Waals surface area contributed by atoms with Crippen LogP contribution in [0.2, 0.25) is 5.02 Å². The zero-order chi connectivity index (χ0) is 12.6. The molecule has 0 radical (unpaired) electrons. The number of rotatable bonds is 1. The molecule has 0 saturated carbocycles. The minimum absolute atomic E-state index is 0.423. The van der Waals surface area contributed by atoms with Crippen molar-refractivity contribution in [3.8, 4) is 6.07 Å². The van der Waals surface area contributed by atoms with Crippen LogP contribution < -0.4 is 10.2 Å². The molecule has 2 aliphatic rings. The summed E-state index contributed by atoms with van der Waals surface area (Å²) in [5, 5.41) is 13.3. The van der Waals surface area contributed by atoms with E-state index < -0.39 is 0 Å². The van der Waals surface area contributed by atoms with Crippen LogP contribution >= 0.6 is 11.6 Å². The molecule has 1 spiro atoms. The summed E-state index contributed by atoms with van der Waals surface area (Å²) in [6.45, 7) is 4.33. The van der Waals surface area contributed by atoms with Crippen LogP contribution in [0.3, 0.4) is 0 Å². The number of anilines is 1. The molecule has 1 atom stereocenters. The number of hydrogen-bond donors (Lipinski definition) is 1. The normalized spacial score (nSPS) is 26.8. The van der Waals surface area contributed by atoms with Crippen molar-refractivity contribution in [1.82, 2.24) is 5.32 Å². The van der Waals surface area contributed by atoms with Gasteiger partial charge < -0.3 is 10.2 Å². The van der Waals surface area contributed by atoms with Crippen LogP contribution in [-0.4, -0.2) is 26.2 Å². The number of halogens is 1. The molecule has 94 valence electrons. The predicted molar refractivity (Wildman–Crippen MR) is 72.9 cm³/mol. The lowest BCUT2D eigenvalue weighted by molar-refractivity contribution is 0.369. The van der Waals surface area contributed by atoms with Gasteiger partial charge in [-0.3, -0.25) is 0 Å². The molecule has 0 aromatic heterocycles. The second-order valence-electron chi connectivity index (χ2n) is 5.37. The Morgan fingerprint density at radius 2 is 2.28 bits per heavy atom. The first-order chi connectivity index (χ1) is 8.72. The molecular weight excluding hydrogens is 246 g/mol. The summed E-state index contributed by atoms with van der Waals surface area (Å²) in [5.74, 6) is 0. The van der Waals surface area contributed by atoms with E-state index in [1.165, 1.54) is 12.8 Å². The van der Waals surface area contributed by atoms with E-state index in [9.17, 15) is 5.26 Å². The Bertz CT molecular complexity index is 500. The summed E-state index contributed by atoms with van der Waals surface area (Å²) in [7, 11) is 0. The van der Waals surface area contributed by atoms with Crippen LogP contribution in [-0.2, 0) is 0 Å². The van der Waals surface area contributed by atoms with Crippen LogP contribution in [0.4, 0.5) is 5.69 Å². The molecule has 1 N–H and O–H groups in total. The molecule has 0 amide bonds. The minimum atomic E-state index is 0.423. The Morgan fingerprint density at radius 3 is 3.00 bits per heavy atom. The van der Waals surface area contributed by atoms with Crippen LogP contribution in [0.15, 0.2) is 18.2 Å². The Labute approximate surface area is 112 Å². The lowest BCUT2D eigenvalue weighted by Gasteiger charge is -2.24. The number of nitrogens with zero attached hydrogens (tertiary/aromatic N) is 2. The van der Waals surface area contributed by atoms with E-state index in [4.69, 9.17) is 11.6 Å². The molecule has 18 heavy (non-hydrogen) atoms. The summed E-state index contributed by atoms with van der Waals surface area (Å²) >= 11 is 5.94. The van der Waals surface area contributed by atoms with Gasteiger partial charge in [-0.05, 0) is 37.6 Å². The minimum Gasteiger partial charge on any atom is -0.370 e. The maximum atomic E-state index is 9.21. The van der Waals surface area contributed by atoms with Gasteiger partial charge in [0.25, 0.3) is 0 Å². The summed E-state index contributed by atoms with van der Waals surface area (Å²) in [4.78, 5) is 2.34. The Balaban J connectivity index is 1.86. The van der Waals surface area contributed by atoms with Crippen molar-refractivity contribution in [2.75, 3.05) is 31.1 Å². The molecule has 2 fully saturated rings. The van der Waals surface area contributed by atoms with Gasteiger partial charge in [-0.2, -0.15) is 5.26 Å². The van der Waals surface area contributed by atoms with Gasteiger partial charge in [-0.1, -0.05) is 11.6 Å². The number of benzene rings is 1. The van der Waals surface area contributed by atoms with E-state index in [0.29, 0.717) is 16.0 Å². The fraction of sp³-hybridized carbons (Fsp3) is 0.500. The number of nitrogens with one attached hydrogen (secondary N) is 1. The van der Waals surface area contributed by atoms with Crippen molar-refractivity contribution in [3.05, 3.63) is 28.8 Å². The molecule has 1 aromatic rings. The molecule has 2 heterocycles. The number of hydrogen-bond acceptors (Lipinski definition) is 3. The molecule has 1 unspecified atom stereocenters. The third-order valence-corrected chi connectivity index (χ3v) is 4.43. The zero-order valence-electron chi connectivity index (χ0n) is 10.2. The van der Waals surface area contributed by atoms with Crippen molar-refractivity contribution in [2.45, 2.75) is 12.8 Å². The van der Waals surface area contributed by atoms with Crippen molar-refractivity contribution in [2.24, 2.45) is 5.41 Å². The lowest BCUT2D eigenvalue weighted by Crippen LogP contribution is -2.29. The fourth-order valence-electron chi connectivity index (χ4n) is 3.16. The van der Waals surface area contributed by atoms with E-state index in [2.05, 4.69) is 16.3 Å². The summed E-state index contributed by atoms with van der Waals surface area (Å²) < 4.78 is 0. The first-order valence-corrected chi connectivity index (χ1v) is 6.76. The molecule has 2 saturated heterocycles. The van der Waals surface area contributed by atoms with Crippen LogP contribution in [0.1, 0.15) is 18.4 Å². The molecule has 0 aliphatic carbocycles. The molecule has 3 rings (SSSR count). The molecule has 4 heteroatoms. The summed E-state index contributed by atoms with van der Waals surface area (Å²) in [6.07, 6.45) is 2.46. The zero-order valence-corrected chi connectivity index (χ0v) is 11.0. The first kappa shape index (κ1) is 11.8. The second kappa shape index (κ2) is 4.46. The first-order valence-electron chi connectivity index (χ1n) is 6.38. The fourth-order valence-corrected chi connectivity index (χ4v) is 3.33. The van der Waals surface area contributed by atoms with E-state index in [1.807, 2.05) is 12.1 Å². The third-order valence-electron chi connectivity index (χ3n) is 4.19. The smallest absolute Gasteiger partial charge is 0.101 e. The highest BCUT2D eigenvalue weighted by Crippen LogP contribution is 2.39. The average molecular weight is 262 g/mol. The van der Waals surface area contributed by atoms with Gasteiger partial charge in [0.2, 0.25) is 0 Å². The Kier molecular flexibility index (Phi) is 2.93. The monoisotopic (exact) mass is 261 g/mol. The van der Waals surface area contributed by atoms with Gasteiger partial charge in [0.1, 0.15) is 6.07 Å². The molecule has 2 aliphatic heterocycles. The van der Waals surface area contributed by atoms with Crippen LogP contribution in [0.25, 0.3) is 0 Å². The topological polar surface area (TPSA) is 39.1 Å². The second-order valence-corrected chi connectivity index (χ2v) is 5.81. The molecular formula is C14H16ClN3. The maximum absolute atomic E-state index is 9.21. The van der Waals surface area contributed by atoms with Gasteiger partial charge in [0.15, 0.2) is 0 Å². The Morgan fingerprint density at radius 1 is 1.39 bits per heavy atom. The van der Waals surface area contributed by atoms with Gasteiger partial charge in [0, 0.05) is 30.1 Å². The SMILES string of the molecule is N#Cc1cc(Cl)ccc1N1CCC2(CCNC2)C1. The summed E-state index contributed by atoms with van der Waals surface area (Å²) in [6, 6.07) is 7.85. The van der Waals surface area contributed by atoms with E-state index >= 15 is 0 Å². The highest BCUT2D eigenvalue weighted by atomic mass is 35.5. The van der Waals surface area contributed by atoms with Crippen molar-refractivity contribution in [3.63, 3.8) is 0 Å². The quantitative estimate of drug-likeness (QED) is 0.844. The van der Waals surface area contributed by atoms with Crippen LogP contribution in [0.5, 0.6) is 0 Å². The van der Waals surface area contributed by atoms with E-state index in [1.54, 1.807) is 6.07 Å². The largest absolute Gasteiger partial charge is 0.370 e. The van der Waals surface area contributed by atoms with Gasteiger partial charge in [-0.25, -0.2) is 0 Å². The molecule has 0 bridgehead atoms. The van der Waals surface area contributed by atoms with Gasteiger partial charge in [0.05, 0.1) is 11.3 Å². The van der Waals surface area contributed by atoms with Gasteiger partial charge in [-0.15, -0.1) is 0 Å². The average Bonchev–Trinajstić information content (AvgIpc) is 3.00. The highest BCUT2D eigenvalue weighted by Gasteiger charge is 2.40. The van der Waals surface area contributed by atoms with E-state index in [-0.39, 0.29) is 0 Å². The summed E-state index contributed by atoms with van der Waals surface area (Å²) in [5.41, 5.74) is 2.14. The highest BCUT2D eigenvalue weighted by molar-refractivity contribution is 6.30. The molecule has 1 aromatic carbocycles. The van der Waals surface area contributed by atoms with Gasteiger partial charge >= 0.3 is 0 Å². The number of nitriles is 1. The van der Waals surface area contributed by atoms with E-state index in [0.717, 1.165) is 31.9 Å². The van der Waals surface area contributed by atoms with Crippen LogP contribution in [0, 0.1) is 16.7 Å².